The number of esters is 1. The van der Waals surface area contributed by atoms with Gasteiger partial charge in [-0.3, -0.25) is 4.79 Å². The van der Waals surface area contributed by atoms with Crippen molar-refractivity contribution < 1.29 is 23.7 Å². The molecular formula is C18H18O5. The normalized spacial score (nSPS) is 16.3. The van der Waals surface area contributed by atoms with Crippen molar-refractivity contribution in [1.29, 1.82) is 0 Å². The molecule has 0 unspecified atom stereocenters. The van der Waals surface area contributed by atoms with Crippen molar-refractivity contribution in [2.45, 2.75) is 12.3 Å². The molecule has 0 aliphatic carbocycles. The van der Waals surface area contributed by atoms with E-state index in [2.05, 4.69) is 0 Å². The molecule has 1 aliphatic heterocycles. The van der Waals surface area contributed by atoms with Crippen LogP contribution in [-0.2, 0) is 4.79 Å². The van der Waals surface area contributed by atoms with E-state index in [9.17, 15) is 4.79 Å². The van der Waals surface area contributed by atoms with Crippen LogP contribution in [0.1, 0.15) is 23.5 Å². The maximum absolute atomic E-state index is 12.0. The molecule has 2 aromatic rings. The topological polar surface area (TPSA) is 54.0 Å². The molecule has 0 bridgehead atoms. The molecule has 1 heterocycles. The zero-order chi connectivity index (χ0) is 16.4. The Kier molecular flexibility index (Phi) is 4.10. The molecule has 5 nitrogen and oxygen atoms in total. The first-order chi connectivity index (χ1) is 11.2. The minimum absolute atomic E-state index is 0.127. The van der Waals surface area contributed by atoms with E-state index in [1.54, 1.807) is 33.5 Å². The van der Waals surface area contributed by atoms with Crippen LogP contribution in [0.25, 0.3) is 0 Å². The van der Waals surface area contributed by atoms with Gasteiger partial charge in [0.15, 0.2) is 0 Å². The molecule has 0 radical (unpaired) electrons. The minimum Gasteiger partial charge on any atom is -0.497 e. The maximum atomic E-state index is 12.0. The van der Waals surface area contributed by atoms with E-state index in [1.165, 1.54) is 0 Å². The van der Waals surface area contributed by atoms with E-state index in [-0.39, 0.29) is 18.3 Å². The lowest BCUT2D eigenvalue weighted by molar-refractivity contribution is -0.135. The van der Waals surface area contributed by atoms with Crippen LogP contribution in [0.3, 0.4) is 0 Å². The van der Waals surface area contributed by atoms with Crippen LogP contribution in [0.5, 0.6) is 23.0 Å². The summed E-state index contributed by atoms with van der Waals surface area (Å²) in [5.41, 5.74) is 1.87. The van der Waals surface area contributed by atoms with E-state index < -0.39 is 0 Å². The summed E-state index contributed by atoms with van der Waals surface area (Å²) in [6.45, 7) is 0. The highest BCUT2D eigenvalue weighted by atomic mass is 16.5. The molecule has 0 fully saturated rings. The van der Waals surface area contributed by atoms with Crippen molar-refractivity contribution in [3.63, 3.8) is 0 Å². The number of rotatable bonds is 4. The summed E-state index contributed by atoms with van der Waals surface area (Å²) in [4.78, 5) is 12.0. The Morgan fingerprint density at radius 3 is 2.26 bits per heavy atom. The number of carbonyl (C=O) groups excluding carboxylic acids is 1. The van der Waals surface area contributed by atoms with Crippen LogP contribution in [-0.4, -0.2) is 27.3 Å². The van der Waals surface area contributed by atoms with Gasteiger partial charge in [0.2, 0.25) is 0 Å². The maximum Gasteiger partial charge on any atom is 0.312 e. The Labute approximate surface area is 134 Å². The summed E-state index contributed by atoms with van der Waals surface area (Å²) >= 11 is 0. The lowest BCUT2D eigenvalue weighted by Gasteiger charge is -2.27. The number of benzene rings is 2. The predicted octanol–water partition coefficient (Wildman–Crippen LogP) is 3.15. The molecule has 1 aliphatic rings. The average molecular weight is 314 g/mol. The second kappa shape index (κ2) is 6.20. The van der Waals surface area contributed by atoms with E-state index in [4.69, 9.17) is 18.9 Å². The number of fused-ring (bicyclic) bond motifs is 1. The van der Waals surface area contributed by atoms with Gasteiger partial charge >= 0.3 is 5.97 Å². The van der Waals surface area contributed by atoms with Crippen molar-refractivity contribution in [1.82, 2.24) is 0 Å². The van der Waals surface area contributed by atoms with Crippen molar-refractivity contribution >= 4 is 5.97 Å². The first-order valence-corrected chi connectivity index (χ1v) is 7.26. The summed E-state index contributed by atoms with van der Waals surface area (Å²) in [6.07, 6.45) is 0.266. The van der Waals surface area contributed by atoms with E-state index in [0.29, 0.717) is 17.2 Å². The van der Waals surface area contributed by atoms with Crippen LogP contribution >= 0.6 is 0 Å². The number of methoxy groups -OCH3 is 3. The van der Waals surface area contributed by atoms with Gasteiger partial charge in [0.05, 0.1) is 27.8 Å². The molecule has 5 heteroatoms. The fourth-order valence-electron chi connectivity index (χ4n) is 2.85. The SMILES string of the molecule is COc1ccc([C@H]2CC(=O)Oc3cc(OC)cc(OC)c32)cc1. The van der Waals surface area contributed by atoms with Gasteiger partial charge in [-0.1, -0.05) is 12.1 Å². The summed E-state index contributed by atoms with van der Waals surface area (Å²) in [5, 5.41) is 0. The second-order valence-corrected chi connectivity index (χ2v) is 5.25. The third-order valence-corrected chi connectivity index (χ3v) is 3.99. The Morgan fingerprint density at radius 2 is 1.65 bits per heavy atom. The third kappa shape index (κ3) is 2.82. The van der Waals surface area contributed by atoms with Crippen LogP contribution in [0.4, 0.5) is 0 Å². The summed E-state index contributed by atoms with van der Waals surface area (Å²) in [5.74, 6) is 2.09. The molecule has 0 spiro atoms. The first-order valence-electron chi connectivity index (χ1n) is 7.26. The van der Waals surface area contributed by atoms with Gasteiger partial charge in [-0.25, -0.2) is 0 Å². The fourth-order valence-corrected chi connectivity index (χ4v) is 2.85. The summed E-state index contributed by atoms with van der Waals surface area (Å²) in [6, 6.07) is 11.2. The Hall–Kier alpha value is -2.69. The van der Waals surface area contributed by atoms with E-state index in [0.717, 1.165) is 16.9 Å². The zero-order valence-electron chi connectivity index (χ0n) is 13.3. The minimum atomic E-state index is -0.270. The standard InChI is InChI=1S/C18H18O5/c1-20-12-6-4-11(5-7-12)14-10-17(19)23-16-9-13(21-2)8-15(22-3)18(14)16/h4-9,14H,10H2,1-3H3/t14-/m1/s1. The molecule has 0 saturated heterocycles. The molecule has 23 heavy (non-hydrogen) atoms. The Balaban J connectivity index is 2.11. The van der Waals surface area contributed by atoms with Crippen LogP contribution < -0.4 is 18.9 Å². The fraction of sp³-hybridized carbons (Fsp3) is 0.278. The molecule has 0 aromatic heterocycles. The molecule has 0 N–H and O–H groups in total. The molecule has 0 saturated carbocycles. The number of ether oxygens (including phenoxy) is 4. The summed E-state index contributed by atoms with van der Waals surface area (Å²) < 4.78 is 21.3. The van der Waals surface area contributed by atoms with Gasteiger partial charge in [0.1, 0.15) is 23.0 Å². The van der Waals surface area contributed by atoms with Crippen molar-refractivity contribution in [3.05, 3.63) is 47.5 Å². The average Bonchev–Trinajstić information content (AvgIpc) is 2.59. The first kappa shape index (κ1) is 15.2. The molecule has 120 valence electrons. The molecule has 0 amide bonds. The van der Waals surface area contributed by atoms with Gasteiger partial charge in [0.25, 0.3) is 0 Å². The van der Waals surface area contributed by atoms with Gasteiger partial charge in [0, 0.05) is 23.6 Å². The predicted molar refractivity (Wildman–Crippen MR) is 84.6 cm³/mol. The second-order valence-electron chi connectivity index (χ2n) is 5.25. The van der Waals surface area contributed by atoms with Gasteiger partial charge in [-0.05, 0) is 17.7 Å². The van der Waals surface area contributed by atoms with Crippen molar-refractivity contribution in [2.24, 2.45) is 0 Å². The quantitative estimate of drug-likeness (QED) is 0.641. The van der Waals surface area contributed by atoms with Crippen LogP contribution in [0.15, 0.2) is 36.4 Å². The molecular weight excluding hydrogens is 296 g/mol. The number of carbonyl (C=O) groups is 1. The van der Waals surface area contributed by atoms with Gasteiger partial charge < -0.3 is 18.9 Å². The molecule has 2 aromatic carbocycles. The van der Waals surface area contributed by atoms with Crippen molar-refractivity contribution in [3.8, 4) is 23.0 Å². The zero-order valence-corrected chi connectivity index (χ0v) is 13.3. The van der Waals surface area contributed by atoms with Gasteiger partial charge in [-0.2, -0.15) is 0 Å². The van der Waals surface area contributed by atoms with Crippen LogP contribution in [0.2, 0.25) is 0 Å². The largest absolute Gasteiger partial charge is 0.497 e. The van der Waals surface area contributed by atoms with E-state index >= 15 is 0 Å². The van der Waals surface area contributed by atoms with Gasteiger partial charge in [-0.15, -0.1) is 0 Å². The Bertz CT molecular complexity index is 721. The van der Waals surface area contributed by atoms with E-state index in [1.807, 2.05) is 24.3 Å². The van der Waals surface area contributed by atoms with Crippen molar-refractivity contribution in [2.75, 3.05) is 21.3 Å². The lowest BCUT2D eigenvalue weighted by atomic mass is 9.85. The highest BCUT2D eigenvalue weighted by Gasteiger charge is 2.32. The Morgan fingerprint density at radius 1 is 0.957 bits per heavy atom. The summed E-state index contributed by atoms with van der Waals surface area (Å²) in [7, 11) is 4.78. The molecule has 1 atom stereocenters. The highest BCUT2D eigenvalue weighted by molar-refractivity contribution is 5.79. The highest BCUT2D eigenvalue weighted by Crippen LogP contribution is 2.46. The number of hydrogen-bond acceptors (Lipinski definition) is 5. The molecule has 3 rings (SSSR count). The number of hydrogen-bond donors (Lipinski definition) is 0. The lowest BCUT2D eigenvalue weighted by Crippen LogP contribution is -2.21. The van der Waals surface area contributed by atoms with Crippen LogP contribution in [0, 0.1) is 0 Å². The monoisotopic (exact) mass is 314 g/mol. The smallest absolute Gasteiger partial charge is 0.312 e. The third-order valence-electron chi connectivity index (χ3n) is 3.99.